The van der Waals surface area contributed by atoms with Crippen molar-refractivity contribution in [3.63, 3.8) is 0 Å². The van der Waals surface area contributed by atoms with Gasteiger partial charge in [-0.25, -0.2) is 0 Å². The Morgan fingerprint density at radius 2 is 1.56 bits per heavy atom. The van der Waals surface area contributed by atoms with Gasteiger partial charge in [-0.2, -0.15) is 10.2 Å². The lowest BCUT2D eigenvalue weighted by Crippen LogP contribution is -1.87. The largest absolute Gasteiger partial charge is 0.497 e. The van der Waals surface area contributed by atoms with E-state index in [1.807, 2.05) is 49.4 Å². The Morgan fingerprint density at radius 3 is 2.17 bits per heavy atom. The standard InChI is InChI=1S/C14H15N3O/c1-10-3-4-12(9-14(10)15)17-16-11-5-7-13(18-2)8-6-11/h3-9H,15H2,1-2H3/b17-16+. The molecule has 92 valence electrons. The topological polar surface area (TPSA) is 60.0 Å². The molecule has 0 saturated carbocycles. The molecular formula is C14H15N3O. The molecule has 0 heterocycles. The van der Waals surface area contributed by atoms with Crippen molar-refractivity contribution in [3.05, 3.63) is 48.0 Å². The molecule has 4 nitrogen and oxygen atoms in total. The van der Waals surface area contributed by atoms with Crippen LogP contribution in [0.4, 0.5) is 17.1 Å². The van der Waals surface area contributed by atoms with Crippen LogP contribution in [0.2, 0.25) is 0 Å². The third kappa shape index (κ3) is 2.85. The number of rotatable bonds is 3. The monoisotopic (exact) mass is 241 g/mol. The van der Waals surface area contributed by atoms with Gasteiger partial charge in [-0.15, -0.1) is 0 Å². The lowest BCUT2D eigenvalue weighted by molar-refractivity contribution is 0.415. The van der Waals surface area contributed by atoms with Gasteiger partial charge in [0.25, 0.3) is 0 Å². The highest BCUT2D eigenvalue weighted by Crippen LogP contribution is 2.23. The maximum Gasteiger partial charge on any atom is 0.119 e. The first-order valence-corrected chi connectivity index (χ1v) is 5.61. The van der Waals surface area contributed by atoms with Gasteiger partial charge in [0.15, 0.2) is 0 Å². The molecule has 4 heteroatoms. The second-order valence-electron chi connectivity index (χ2n) is 3.94. The van der Waals surface area contributed by atoms with E-state index in [1.54, 1.807) is 7.11 Å². The van der Waals surface area contributed by atoms with Gasteiger partial charge < -0.3 is 10.5 Å². The minimum atomic E-state index is 0.723. The van der Waals surface area contributed by atoms with Crippen LogP contribution in [-0.2, 0) is 0 Å². The highest BCUT2D eigenvalue weighted by atomic mass is 16.5. The molecule has 0 aliphatic rings. The van der Waals surface area contributed by atoms with E-state index >= 15 is 0 Å². The van der Waals surface area contributed by atoms with Crippen molar-refractivity contribution in [2.45, 2.75) is 6.92 Å². The van der Waals surface area contributed by atoms with E-state index in [0.717, 1.165) is 28.4 Å². The van der Waals surface area contributed by atoms with Gasteiger partial charge in [0.1, 0.15) is 5.75 Å². The van der Waals surface area contributed by atoms with Crippen molar-refractivity contribution in [1.82, 2.24) is 0 Å². The Labute approximate surface area is 106 Å². The minimum absolute atomic E-state index is 0.723. The van der Waals surface area contributed by atoms with Crippen LogP contribution in [0.15, 0.2) is 52.7 Å². The van der Waals surface area contributed by atoms with Crippen LogP contribution in [0.25, 0.3) is 0 Å². The van der Waals surface area contributed by atoms with E-state index in [1.165, 1.54) is 0 Å². The molecule has 0 unspecified atom stereocenters. The van der Waals surface area contributed by atoms with Gasteiger partial charge in [0.2, 0.25) is 0 Å². The highest BCUT2D eigenvalue weighted by molar-refractivity contribution is 5.55. The molecule has 0 radical (unpaired) electrons. The summed E-state index contributed by atoms with van der Waals surface area (Å²) in [4.78, 5) is 0. The Bertz CT molecular complexity index is 562. The van der Waals surface area contributed by atoms with E-state index in [0.29, 0.717) is 0 Å². The van der Waals surface area contributed by atoms with Gasteiger partial charge in [0.05, 0.1) is 18.5 Å². The van der Waals surface area contributed by atoms with Crippen LogP contribution in [0.3, 0.4) is 0 Å². The summed E-state index contributed by atoms with van der Waals surface area (Å²) in [6.07, 6.45) is 0. The molecule has 18 heavy (non-hydrogen) atoms. The van der Waals surface area contributed by atoms with E-state index in [4.69, 9.17) is 10.5 Å². The van der Waals surface area contributed by atoms with Crippen molar-refractivity contribution in [2.75, 3.05) is 12.8 Å². The highest BCUT2D eigenvalue weighted by Gasteiger charge is 1.96. The van der Waals surface area contributed by atoms with Gasteiger partial charge >= 0.3 is 0 Å². The van der Waals surface area contributed by atoms with Gasteiger partial charge in [-0.1, -0.05) is 6.07 Å². The summed E-state index contributed by atoms with van der Waals surface area (Å²) in [5.74, 6) is 0.800. The Morgan fingerprint density at radius 1 is 0.944 bits per heavy atom. The number of benzene rings is 2. The maximum absolute atomic E-state index is 5.81. The quantitative estimate of drug-likeness (QED) is 0.652. The zero-order valence-corrected chi connectivity index (χ0v) is 10.4. The number of hydrogen-bond donors (Lipinski definition) is 1. The van der Waals surface area contributed by atoms with Crippen molar-refractivity contribution < 1.29 is 4.74 Å². The van der Waals surface area contributed by atoms with Crippen molar-refractivity contribution in [2.24, 2.45) is 10.2 Å². The molecule has 2 aromatic carbocycles. The Kier molecular flexibility index (Phi) is 3.57. The van der Waals surface area contributed by atoms with Gasteiger partial charge in [0, 0.05) is 5.69 Å². The van der Waals surface area contributed by atoms with Crippen LogP contribution in [0.5, 0.6) is 5.75 Å². The molecule has 0 fully saturated rings. The molecule has 2 aromatic rings. The average Bonchev–Trinajstić information content (AvgIpc) is 2.41. The number of nitrogens with zero attached hydrogens (tertiary/aromatic N) is 2. The Balaban J connectivity index is 2.16. The first-order valence-electron chi connectivity index (χ1n) is 5.61. The zero-order valence-electron chi connectivity index (χ0n) is 10.4. The third-order valence-corrected chi connectivity index (χ3v) is 2.62. The normalized spacial score (nSPS) is 10.8. The fourth-order valence-corrected chi connectivity index (χ4v) is 1.45. The molecule has 2 rings (SSSR count). The first kappa shape index (κ1) is 12.1. The number of nitrogens with two attached hydrogens (primary N) is 1. The number of hydrogen-bond acceptors (Lipinski definition) is 4. The SMILES string of the molecule is COc1ccc(/N=N/c2ccc(C)c(N)c2)cc1. The molecule has 0 aliphatic heterocycles. The predicted molar refractivity (Wildman–Crippen MR) is 72.8 cm³/mol. The third-order valence-electron chi connectivity index (χ3n) is 2.62. The lowest BCUT2D eigenvalue weighted by Gasteiger charge is -2.00. The fraction of sp³-hybridized carbons (Fsp3) is 0.143. The number of ether oxygens (including phenoxy) is 1. The van der Waals surface area contributed by atoms with E-state index < -0.39 is 0 Å². The molecule has 0 amide bonds. The number of anilines is 1. The number of azo groups is 1. The van der Waals surface area contributed by atoms with E-state index in [2.05, 4.69) is 10.2 Å². The van der Waals surface area contributed by atoms with E-state index in [-0.39, 0.29) is 0 Å². The van der Waals surface area contributed by atoms with Gasteiger partial charge in [-0.05, 0) is 48.9 Å². The van der Waals surface area contributed by atoms with Crippen LogP contribution in [0, 0.1) is 6.92 Å². The number of aryl methyl sites for hydroxylation is 1. The first-order chi connectivity index (χ1) is 8.69. The fourth-order valence-electron chi connectivity index (χ4n) is 1.45. The summed E-state index contributed by atoms with van der Waals surface area (Å²) in [6, 6.07) is 13.0. The minimum Gasteiger partial charge on any atom is -0.497 e. The summed E-state index contributed by atoms with van der Waals surface area (Å²) in [5, 5.41) is 8.27. The van der Waals surface area contributed by atoms with Crippen LogP contribution < -0.4 is 10.5 Å². The van der Waals surface area contributed by atoms with Crippen LogP contribution >= 0.6 is 0 Å². The smallest absolute Gasteiger partial charge is 0.119 e. The van der Waals surface area contributed by atoms with Crippen molar-refractivity contribution >= 4 is 17.1 Å². The molecule has 0 spiro atoms. The number of methoxy groups -OCH3 is 1. The summed E-state index contributed by atoms with van der Waals surface area (Å²) in [7, 11) is 1.63. The summed E-state index contributed by atoms with van der Waals surface area (Å²) < 4.78 is 5.07. The molecule has 0 atom stereocenters. The predicted octanol–water partition coefficient (Wildman–Crippen LogP) is 4.00. The van der Waals surface area contributed by atoms with Gasteiger partial charge in [-0.3, -0.25) is 0 Å². The van der Waals surface area contributed by atoms with Crippen molar-refractivity contribution in [1.29, 1.82) is 0 Å². The molecule has 0 bridgehead atoms. The molecule has 0 aliphatic carbocycles. The molecule has 0 saturated heterocycles. The van der Waals surface area contributed by atoms with E-state index in [9.17, 15) is 0 Å². The molecular weight excluding hydrogens is 226 g/mol. The lowest BCUT2D eigenvalue weighted by atomic mass is 10.2. The summed E-state index contributed by atoms with van der Waals surface area (Å²) in [6.45, 7) is 1.96. The second kappa shape index (κ2) is 5.31. The molecule has 2 N–H and O–H groups in total. The zero-order chi connectivity index (χ0) is 13.0. The molecule has 0 aromatic heterocycles. The van der Waals surface area contributed by atoms with Crippen molar-refractivity contribution in [3.8, 4) is 5.75 Å². The summed E-state index contributed by atoms with van der Waals surface area (Å²) >= 11 is 0. The van der Waals surface area contributed by atoms with Crippen LogP contribution in [-0.4, -0.2) is 7.11 Å². The van der Waals surface area contributed by atoms with Crippen LogP contribution in [0.1, 0.15) is 5.56 Å². The Hall–Kier alpha value is -2.36. The number of nitrogen functional groups attached to an aromatic ring is 1. The second-order valence-corrected chi connectivity index (χ2v) is 3.94. The maximum atomic E-state index is 5.81. The average molecular weight is 241 g/mol. The summed E-state index contributed by atoms with van der Waals surface area (Å²) in [5.41, 5.74) is 9.09.